The smallest absolute Gasteiger partial charge is 0.0320 e. The Morgan fingerprint density at radius 2 is 1.56 bits per heavy atom. The fraction of sp³-hybridized carbons (Fsp3) is 0.647. The fourth-order valence-electron chi connectivity index (χ4n) is 2.45. The molecule has 18 heavy (non-hydrogen) atoms. The molecule has 0 radical (unpaired) electrons. The van der Waals surface area contributed by atoms with E-state index in [0.717, 1.165) is 6.54 Å². The van der Waals surface area contributed by atoms with Gasteiger partial charge in [-0.3, -0.25) is 0 Å². The van der Waals surface area contributed by atoms with Gasteiger partial charge in [0.25, 0.3) is 0 Å². The monoisotopic (exact) mass is 247 g/mol. The fourth-order valence-corrected chi connectivity index (χ4v) is 2.45. The van der Waals surface area contributed by atoms with Crippen molar-refractivity contribution in [3.63, 3.8) is 0 Å². The van der Waals surface area contributed by atoms with Crippen molar-refractivity contribution in [1.29, 1.82) is 0 Å². The second kappa shape index (κ2) is 10.1. The summed E-state index contributed by atoms with van der Waals surface area (Å²) in [4.78, 5) is 0. The molecule has 1 aromatic rings. The van der Waals surface area contributed by atoms with Gasteiger partial charge in [-0.05, 0) is 18.5 Å². The number of unbranched alkanes of at least 4 members (excludes halogenated alkanes) is 5. The van der Waals surface area contributed by atoms with Crippen LogP contribution in [-0.2, 0) is 0 Å². The molecule has 0 aliphatic rings. The average molecular weight is 247 g/mol. The third-order valence-corrected chi connectivity index (χ3v) is 3.50. The van der Waals surface area contributed by atoms with Crippen LogP contribution in [0.4, 0.5) is 0 Å². The van der Waals surface area contributed by atoms with Crippen LogP contribution in [0.25, 0.3) is 0 Å². The van der Waals surface area contributed by atoms with E-state index in [1.54, 1.807) is 0 Å². The quantitative estimate of drug-likeness (QED) is 0.568. The minimum Gasteiger partial charge on any atom is -0.310 e. The van der Waals surface area contributed by atoms with E-state index in [0.29, 0.717) is 6.04 Å². The highest BCUT2D eigenvalue weighted by Gasteiger charge is 2.08. The molecule has 0 fully saturated rings. The molecule has 1 atom stereocenters. The predicted octanol–water partition coefficient (Wildman–Crippen LogP) is 5.09. The van der Waals surface area contributed by atoms with Gasteiger partial charge in [0.2, 0.25) is 0 Å². The lowest BCUT2D eigenvalue weighted by molar-refractivity contribution is 0.477. The molecule has 0 saturated heterocycles. The third kappa shape index (κ3) is 6.20. The molecule has 102 valence electrons. The molecule has 0 amide bonds. The van der Waals surface area contributed by atoms with Crippen LogP contribution in [0.3, 0.4) is 0 Å². The van der Waals surface area contributed by atoms with Crippen LogP contribution in [0.5, 0.6) is 0 Å². The highest BCUT2D eigenvalue weighted by Crippen LogP contribution is 2.20. The first-order chi connectivity index (χ1) is 8.88. The van der Waals surface area contributed by atoms with Gasteiger partial charge in [0, 0.05) is 6.04 Å². The standard InChI is InChI=1S/C17H29N/c1-3-5-6-7-8-12-15-17(18-4-2)16-13-10-9-11-14-16/h9-11,13-14,17-18H,3-8,12,15H2,1-2H3. The Hall–Kier alpha value is -0.820. The van der Waals surface area contributed by atoms with Gasteiger partial charge in [-0.25, -0.2) is 0 Å². The van der Waals surface area contributed by atoms with Gasteiger partial charge in [0.1, 0.15) is 0 Å². The summed E-state index contributed by atoms with van der Waals surface area (Å²) in [5.74, 6) is 0. The number of hydrogen-bond donors (Lipinski definition) is 1. The SMILES string of the molecule is CCCCCCCCC(NCC)c1ccccc1. The van der Waals surface area contributed by atoms with E-state index >= 15 is 0 Å². The van der Waals surface area contributed by atoms with Crippen LogP contribution in [0, 0.1) is 0 Å². The summed E-state index contributed by atoms with van der Waals surface area (Å²) in [6.45, 7) is 5.52. The van der Waals surface area contributed by atoms with Crippen LogP contribution in [0.2, 0.25) is 0 Å². The van der Waals surface area contributed by atoms with Crippen LogP contribution < -0.4 is 5.32 Å². The first kappa shape index (κ1) is 15.2. The van der Waals surface area contributed by atoms with Crippen LogP contribution >= 0.6 is 0 Å². The molecule has 0 saturated carbocycles. The second-order valence-electron chi connectivity index (χ2n) is 5.08. The van der Waals surface area contributed by atoms with Gasteiger partial charge in [-0.2, -0.15) is 0 Å². The summed E-state index contributed by atoms with van der Waals surface area (Å²) >= 11 is 0. The van der Waals surface area contributed by atoms with Crippen LogP contribution in [-0.4, -0.2) is 6.54 Å². The first-order valence-corrected chi connectivity index (χ1v) is 7.66. The number of benzene rings is 1. The zero-order chi connectivity index (χ0) is 13.1. The topological polar surface area (TPSA) is 12.0 Å². The van der Waals surface area contributed by atoms with Crippen molar-refractivity contribution < 1.29 is 0 Å². The largest absolute Gasteiger partial charge is 0.310 e. The van der Waals surface area contributed by atoms with Crippen molar-refractivity contribution >= 4 is 0 Å². The van der Waals surface area contributed by atoms with E-state index < -0.39 is 0 Å². The van der Waals surface area contributed by atoms with E-state index in [9.17, 15) is 0 Å². The molecule has 0 aliphatic carbocycles. The zero-order valence-corrected chi connectivity index (χ0v) is 12.1. The maximum absolute atomic E-state index is 3.60. The van der Waals surface area contributed by atoms with E-state index in [1.807, 2.05) is 0 Å². The van der Waals surface area contributed by atoms with E-state index in [4.69, 9.17) is 0 Å². The molecule has 0 aromatic heterocycles. The molecular formula is C17H29N. The molecule has 1 N–H and O–H groups in total. The van der Waals surface area contributed by atoms with Crippen molar-refractivity contribution in [2.45, 2.75) is 64.8 Å². The van der Waals surface area contributed by atoms with Gasteiger partial charge in [0.05, 0.1) is 0 Å². The van der Waals surface area contributed by atoms with Crippen molar-refractivity contribution in [3.05, 3.63) is 35.9 Å². The Morgan fingerprint density at radius 1 is 0.889 bits per heavy atom. The molecule has 1 aromatic carbocycles. The summed E-state index contributed by atoms with van der Waals surface area (Å²) in [7, 11) is 0. The number of rotatable bonds is 10. The van der Waals surface area contributed by atoms with Crippen molar-refractivity contribution in [1.82, 2.24) is 5.32 Å². The van der Waals surface area contributed by atoms with E-state index in [2.05, 4.69) is 49.5 Å². The summed E-state index contributed by atoms with van der Waals surface area (Å²) in [6.07, 6.45) is 9.55. The highest BCUT2D eigenvalue weighted by atomic mass is 14.9. The Labute approximate surface area is 113 Å². The maximum atomic E-state index is 3.60. The molecule has 0 aliphatic heterocycles. The number of hydrogen-bond acceptors (Lipinski definition) is 1. The molecule has 1 nitrogen and oxygen atoms in total. The van der Waals surface area contributed by atoms with Crippen molar-refractivity contribution in [2.24, 2.45) is 0 Å². The predicted molar refractivity (Wildman–Crippen MR) is 80.9 cm³/mol. The molecule has 0 spiro atoms. The first-order valence-electron chi connectivity index (χ1n) is 7.66. The Balaban J connectivity index is 2.26. The molecule has 1 rings (SSSR count). The van der Waals surface area contributed by atoms with Crippen molar-refractivity contribution in [3.8, 4) is 0 Å². The van der Waals surface area contributed by atoms with E-state index in [-0.39, 0.29) is 0 Å². The number of nitrogens with one attached hydrogen (secondary N) is 1. The Morgan fingerprint density at radius 3 is 2.22 bits per heavy atom. The molecule has 1 heteroatoms. The minimum atomic E-state index is 0.544. The molecular weight excluding hydrogens is 218 g/mol. The minimum absolute atomic E-state index is 0.544. The molecule has 1 unspecified atom stereocenters. The second-order valence-corrected chi connectivity index (χ2v) is 5.08. The van der Waals surface area contributed by atoms with Gasteiger partial charge in [-0.15, -0.1) is 0 Å². The summed E-state index contributed by atoms with van der Waals surface area (Å²) in [5, 5.41) is 3.60. The summed E-state index contributed by atoms with van der Waals surface area (Å²) < 4.78 is 0. The van der Waals surface area contributed by atoms with Gasteiger partial charge < -0.3 is 5.32 Å². The lowest BCUT2D eigenvalue weighted by atomic mass is 9.99. The molecule has 0 bridgehead atoms. The molecule has 0 heterocycles. The van der Waals surface area contributed by atoms with Crippen LogP contribution in [0.15, 0.2) is 30.3 Å². The Kier molecular flexibility index (Phi) is 8.58. The zero-order valence-electron chi connectivity index (χ0n) is 12.1. The normalized spacial score (nSPS) is 12.6. The summed E-state index contributed by atoms with van der Waals surface area (Å²) in [5.41, 5.74) is 1.44. The third-order valence-electron chi connectivity index (χ3n) is 3.50. The van der Waals surface area contributed by atoms with E-state index in [1.165, 1.54) is 50.5 Å². The van der Waals surface area contributed by atoms with Gasteiger partial charge in [0.15, 0.2) is 0 Å². The van der Waals surface area contributed by atoms with Gasteiger partial charge in [-0.1, -0.05) is 82.7 Å². The Bertz CT molecular complexity index is 281. The van der Waals surface area contributed by atoms with Gasteiger partial charge >= 0.3 is 0 Å². The average Bonchev–Trinajstić information content (AvgIpc) is 2.42. The lowest BCUT2D eigenvalue weighted by Crippen LogP contribution is -2.20. The maximum Gasteiger partial charge on any atom is 0.0320 e. The highest BCUT2D eigenvalue weighted by molar-refractivity contribution is 5.18. The van der Waals surface area contributed by atoms with Crippen molar-refractivity contribution in [2.75, 3.05) is 6.54 Å². The lowest BCUT2D eigenvalue weighted by Gasteiger charge is -2.18. The summed E-state index contributed by atoms with van der Waals surface area (Å²) in [6, 6.07) is 11.4. The van der Waals surface area contributed by atoms with Crippen LogP contribution in [0.1, 0.15) is 70.4 Å².